The molecular formula is C14H22N6O5S2. The fourth-order valence-corrected chi connectivity index (χ4v) is 2.43. The Hall–Kier alpha value is -2.25. The SMILES string of the molecule is NC(Cc1cnc[nH]1)C(=O)NCC(=O)NC(CS)C(=O)NC(CS)C(=O)O. The van der Waals surface area contributed by atoms with Gasteiger partial charge >= 0.3 is 5.97 Å². The van der Waals surface area contributed by atoms with Gasteiger partial charge in [-0.25, -0.2) is 9.78 Å². The maximum atomic E-state index is 12.0. The number of hydrogen-bond acceptors (Lipinski definition) is 8. The molecule has 27 heavy (non-hydrogen) atoms. The van der Waals surface area contributed by atoms with Crippen LogP contribution in [0.15, 0.2) is 12.5 Å². The quantitative estimate of drug-likeness (QED) is 0.180. The molecule has 0 bridgehead atoms. The number of rotatable bonds is 11. The number of nitrogens with zero attached hydrogens (tertiary/aromatic N) is 1. The lowest BCUT2D eigenvalue weighted by Crippen LogP contribution is -2.55. The Morgan fingerprint density at radius 3 is 2.33 bits per heavy atom. The van der Waals surface area contributed by atoms with Gasteiger partial charge in [0.2, 0.25) is 17.7 Å². The number of nitrogens with one attached hydrogen (secondary N) is 4. The highest BCUT2D eigenvalue weighted by molar-refractivity contribution is 7.80. The molecule has 1 heterocycles. The van der Waals surface area contributed by atoms with Gasteiger partial charge in [0.1, 0.15) is 12.1 Å². The lowest BCUT2D eigenvalue weighted by atomic mass is 10.1. The summed E-state index contributed by atoms with van der Waals surface area (Å²) in [7, 11) is 0. The van der Waals surface area contributed by atoms with Gasteiger partial charge in [0.25, 0.3) is 0 Å². The van der Waals surface area contributed by atoms with E-state index >= 15 is 0 Å². The van der Waals surface area contributed by atoms with Crippen LogP contribution in [0.1, 0.15) is 5.69 Å². The number of hydrogen-bond donors (Lipinski definition) is 8. The second-order valence-corrected chi connectivity index (χ2v) is 6.22. The molecule has 0 spiro atoms. The minimum absolute atomic E-state index is 0.0657. The summed E-state index contributed by atoms with van der Waals surface area (Å²) >= 11 is 7.80. The van der Waals surface area contributed by atoms with Gasteiger partial charge in [0, 0.05) is 29.8 Å². The van der Waals surface area contributed by atoms with Gasteiger partial charge in [-0.15, -0.1) is 0 Å². The van der Waals surface area contributed by atoms with Gasteiger partial charge in [-0.1, -0.05) is 0 Å². The van der Waals surface area contributed by atoms with E-state index in [1.54, 1.807) is 0 Å². The standard InChI is InChI=1S/C14H22N6O5S2/c15-8(1-7-2-16-6-18-7)12(22)17-3-11(21)19-9(4-26)13(23)20-10(5-27)14(24)25/h2,6,8-10,26-27H,1,3-5,15H2,(H,16,18)(H,17,22)(H,19,21)(H,20,23)(H,24,25). The monoisotopic (exact) mass is 418 g/mol. The molecule has 0 aliphatic rings. The zero-order valence-electron chi connectivity index (χ0n) is 14.2. The molecule has 0 saturated carbocycles. The number of H-pyrrole nitrogens is 1. The number of carboxylic acid groups (broad SMARTS) is 1. The molecule has 3 unspecified atom stereocenters. The topological polar surface area (TPSA) is 179 Å². The van der Waals surface area contributed by atoms with Crippen molar-refractivity contribution in [1.29, 1.82) is 0 Å². The molecule has 0 fully saturated rings. The molecule has 0 radical (unpaired) electrons. The van der Waals surface area contributed by atoms with Crippen LogP contribution < -0.4 is 21.7 Å². The highest BCUT2D eigenvalue weighted by Crippen LogP contribution is 1.97. The predicted molar refractivity (Wildman–Crippen MR) is 102 cm³/mol. The Kier molecular flexibility index (Phi) is 9.67. The first-order valence-electron chi connectivity index (χ1n) is 7.83. The highest BCUT2D eigenvalue weighted by atomic mass is 32.1. The predicted octanol–water partition coefficient (Wildman–Crippen LogP) is -2.69. The number of carbonyl (C=O) groups is 4. The van der Waals surface area contributed by atoms with E-state index in [4.69, 9.17) is 10.8 Å². The third-order valence-corrected chi connectivity index (χ3v) is 4.12. The van der Waals surface area contributed by atoms with E-state index in [2.05, 4.69) is 51.2 Å². The third-order valence-electron chi connectivity index (χ3n) is 3.39. The van der Waals surface area contributed by atoms with Crippen LogP contribution in [0.25, 0.3) is 0 Å². The van der Waals surface area contributed by atoms with E-state index in [-0.39, 0.29) is 17.9 Å². The van der Waals surface area contributed by atoms with Gasteiger partial charge < -0.3 is 31.8 Å². The molecule has 3 amide bonds. The summed E-state index contributed by atoms with van der Waals surface area (Å²) in [5.74, 6) is -3.35. The zero-order valence-corrected chi connectivity index (χ0v) is 16.0. The Morgan fingerprint density at radius 2 is 1.81 bits per heavy atom. The van der Waals surface area contributed by atoms with E-state index in [1.165, 1.54) is 12.5 Å². The van der Waals surface area contributed by atoms with Crippen LogP contribution in [-0.4, -0.2) is 74.9 Å². The van der Waals surface area contributed by atoms with Crippen molar-refractivity contribution in [3.8, 4) is 0 Å². The lowest BCUT2D eigenvalue weighted by Gasteiger charge is -2.19. The number of amides is 3. The molecule has 3 atom stereocenters. The first kappa shape index (κ1) is 22.8. The Morgan fingerprint density at radius 1 is 1.15 bits per heavy atom. The fourth-order valence-electron chi connectivity index (χ4n) is 1.92. The number of nitrogens with two attached hydrogens (primary N) is 1. The van der Waals surface area contributed by atoms with E-state index in [0.717, 1.165) is 0 Å². The van der Waals surface area contributed by atoms with Gasteiger partial charge in [0.15, 0.2) is 0 Å². The Labute approximate surface area is 166 Å². The zero-order chi connectivity index (χ0) is 20.4. The minimum atomic E-state index is -1.25. The normalized spacial score (nSPS) is 13.9. The number of aromatic amines is 1. The van der Waals surface area contributed by atoms with Crippen LogP contribution in [-0.2, 0) is 25.6 Å². The summed E-state index contributed by atoms with van der Waals surface area (Å²) < 4.78 is 0. The first-order valence-corrected chi connectivity index (χ1v) is 9.09. The van der Waals surface area contributed by atoms with E-state index in [0.29, 0.717) is 5.69 Å². The summed E-state index contributed by atoms with van der Waals surface area (Å²) in [5.41, 5.74) is 6.41. The van der Waals surface area contributed by atoms with Crippen molar-refractivity contribution in [3.05, 3.63) is 18.2 Å². The van der Waals surface area contributed by atoms with Crippen molar-refractivity contribution in [3.63, 3.8) is 0 Å². The van der Waals surface area contributed by atoms with E-state index < -0.39 is 48.4 Å². The minimum Gasteiger partial charge on any atom is -0.480 e. The molecule has 11 nitrogen and oxygen atoms in total. The third kappa shape index (κ3) is 7.88. The molecular weight excluding hydrogens is 396 g/mol. The second kappa shape index (κ2) is 11.5. The summed E-state index contributed by atoms with van der Waals surface area (Å²) in [5, 5.41) is 15.9. The highest BCUT2D eigenvalue weighted by Gasteiger charge is 2.25. The second-order valence-electron chi connectivity index (χ2n) is 5.49. The average Bonchev–Trinajstić information content (AvgIpc) is 3.14. The summed E-state index contributed by atoms with van der Waals surface area (Å²) in [6.45, 7) is -0.401. The Balaban J connectivity index is 2.45. The summed E-state index contributed by atoms with van der Waals surface area (Å²) in [6.07, 6.45) is 3.21. The number of carbonyl (C=O) groups excluding carboxylic acids is 3. The van der Waals surface area contributed by atoms with Crippen LogP contribution in [0, 0.1) is 0 Å². The lowest BCUT2D eigenvalue weighted by molar-refractivity contribution is -0.141. The van der Waals surface area contributed by atoms with Crippen molar-refractivity contribution < 1.29 is 24.3 Å². The molecule has 1 aromatic heterocycles. The van der Waals surface area contributed by atoms with Crippen molar-refractivity contribution in [2.24, 2.45) is 5.73 Å². The fraction of sp³-hybridized carbons (Fsp3) is 0.500. The van der Waals surface area contributed by atoms with Crippen LogP contribution >= 0.6 is 25.3 Å². The molecule has 1 rings (SSSR count). The maximum Gasteiger partial charge on any atom is 0.327 e. The largest absolute Gasteiger partial charge is 0.480 e. The smallest absolute Gasteiger partial charge is 0.327 e. The van der Waals surface area contributed by atoms with Gasteiger partial charge in [0.05, 0.1) is 18.9 Å². The first-order chi connectivity index (χ1) is 12.8. The van der Waals surface area contributed by atoms with Gasteiger partial charge in [-0.2, -0.15) is 25.3 Å². The summed E-state index contributed by atoms with van der Waals surface area (Å²) in [6, 6.07) is -3.15. The van der Waals surface area contributed by atoms with Crippen LogP contribution in [0.3, 0.4) is 0 Å². The summed E-state index contributed by atoms with van der Waals surface area (Å²) in [4.78, 5) is 53.4. The van der Waals surface area contributed by atoms with Crippen molar-refractivity contribution in [2.75, 3.05) is 18.1 Å². The molecule has 0 aliphatic carbocycles. The molecule has 150 valence electrons. The molecule has 0 aromatic carbocycles. The molecule has 0 saturated heterocycles. The number of aliphatic carboxylic acids is 1. The van der Waals surface area contributed by atoms with Crippen molar-refractivity contribution >= 4 is 48.9 Å². The molecule has 7 N–H and O–H groups in total. The number of aromatic nitrogens is 2. The maximum absolute atomic E-state index is 12.0. The van der Waals surface area contributed by atoms with E-state index in [9.17, 15) is 19.2 Å². The number of thiol groups is 2. The van der Waals surface area contributed by atoms with Gasteiger partial charge in [-0.3, -0.25) is 14.4 Å². The van der Waals surface area contributed by atoms with Crippen molar-refractivity contribution in [1.82, 2.24) is 25.9 Å². The molecule has 0 aliphatic heterocycles. The van der Waals surface area contributed by atoms with Crippen LogP contribution in [0.2, 0.25) is 0 Å². The van der Waals surface area contributed by atoms with E-state index in [1.807, 2.05) is 0 Å². The molecule has 13 heteroatoms. The van der Waals surface area contributed by atoms with Crippen LogP contribution in [0.4, 0.5) is 0 Å². The van der Waals surface area contributed by atoms with Crippen LogP contribution in [0.5, 0.6) is 0 Å². The average molecular weight is 419 g/mol. The Bertz CT molecular complexity index is 656. The number of imidazole rings is 1. The van der Waals surface area contributed by atoms with Crippen molar-refractivity contribution in [2.45, 2.75) is 24.5 Å². The molecule has 1 aromatic rings. The number of carboxylic acids is 1. The van der Waals surface area contributed by atoms with Gasteiger partial charge in [-0.05, 0) is 0 Å².